The highest BCUT2D eigenvalue weighted by atomic mass is 32.2. The molecule has 3 aliphatic rings. The van der Waals surface area contributed by atoms with Crippen LogP contribution in [-0.2, 0) is 11.3 Å². The third-order valence-corrected chi connectivity index (χ3v) is 7.76. The topological polar surface area (TPSA) is 45.0 Å². The molecule has 0 spiro atoms. The summed E-state index contributed by atoms with van der Waals surface area (Å²) in [5.74, 6) is 1.30. The van der Waals surface area contributed by atoms with Gasteiger partial charge in [0.25, 0.3) is 0 Å². The van der Waals surface area contributed by atoms with Gasteiger partial charge in [-0.25, -0.2) is 0 Å². The summed E-state index contributed by atoms with van der Waals surface area (Å²) in [6.07, 6.45) is 3.55. The van der Waals surface area contributed by atoms with Crippen LogP contribution in [0, 0.1) is 16.7 Å². The van der Waals surface area contributed by atoms with E-state index in [1.165, 1.54) is 30.3 Å². The molecule has 2 bridgehead atoms. The second kappa shape index (κ2) is 5.97. The molecule has 25 heavy (non-hydrogen) atoms. The van der Waals surface area contributed by atoms with Gasteiger partial charge in [-0.1, -0.05) is 62.9 Å². The molecule has 1 saturated heterocycles. The predicted octanol–water partition coefficient (Wildman–Crippen LogP) is 4.32. The fourth-order valence-corrected chi connectivity index (χ4v) is 5.41. The number of amidine groups is 1. The van der Waals surface area contributed by atoms with E-state index in [1.807, 2.05) is 30.3 Å². The van der Waals surface area contributed by atoms with Gasteiger partial charge in [-0.2, -0.15) is 5.10 Å². The number of benzene rings is 1. The van der Waals surface area contributed by atoms with Gasteiger partial charge in [0.15, 0.2) is 5.17 Å². The molecule has 4 rings (SSSR count). The molecule has 0 unspecified atom stereocenters. The Hall–Kier alpha value is -1.62. The number of rotatable bonds is 3. The van der Waals surface area contributed by atoms with Gasteiger partial charge in [0.05, 0.1) is 12.3 Å². The van der Waals surface area contributed by atoms with Gasteiger partial charge in [0, 0.05) is 11.1 Å². The van der Waals surface area contributed by atoms with Crippen LogP contribution >= 0.6 is 11.8 Å². The van der Waals surface area contributed by atoms with Gasteiger partial charge in [-0.15, -0.1) is 5.10 Å². The largest absolute Gasteiger partial charge is 0.285 e. The molecule has 0 radical (unpaired) electrons. The molecule has 1 amide bonds. The van der Waals surface area contributed by atoms with Crippen LogP contribution in [0.15, 0.2) is 40.5 Å². The van der Waals surface area contributed by atoms with Crippen molar-refractivity contribution in [2.45, 2.75) is 46.6 Å². The summed E-state index contributed by atoms with van der Waals surface area (Å²) in [6.45, 7) is 7.65. The monoisotopic (exact) mass is 355 g/mol. The Bertz CT molecular complexity index is 755. The quantitative estimate of drug-likeness (QED) is 0.758. The average molecular weight is 356 g/mol. The Balaban J connectivity index is 1.58. The minimum atomic E-state index is 0.118. The van der Waals surface area contributed by atoms with E-state index in [0.29, 0.717) is 17.7 Å². The van der Waals surface area contributed by atoms with E-state index < -0.39 is 0 Å². The van der Waals surface area contributed by atoms with Gasteiger partial charge in [0.2, 0.25) is 5.91 Å². The maximum atomic E-state index is 12.3. The number of hydrogen-bond acceptors (Lipinski definition) is 4. The molecule has 2 aliphatic carbocycles. The van der Waals surface area contributed by atoms with Gasteiger partial charge in [-0.3, -0.25) is 9.69 Å². The summed E-state index contributed by atoms with van der Waals surface area (Å²) in [6, 6.07) is 10.1. The second-order valence-electron chi connectivity index (χ2n) is 8.18. The highest BCUT2D eigenvalue weighted by molar-refractivity contribution is 8.15. The van der Waals surface area contributed by atoms with Crippen LogP contribution in [0.5, 0.6) is 0 Å². The van der Waals surface area contributed by atoms with Crippen molar-refractivity contribution >= 4 is 28.5 Å². The lowest BCUT2D eigenvalue weighted by molar-refractivity contribution is -0.124. The number of hydrogen-bond donors (Lipinski definition) is 0. The molecule has 5 heteroatoms. The van der Waals surface area contributed by atoms with Crippen molar-refractivity contribution in [3.8, 4) is 0 Å². The van der Waals surface area contributed by atoms with E-state index in [-0.39, 0.29) is 11.3 Å². The standard InChI is InChI=1S/C20H25N3OS/c1-19(2)15-9-10-20(19,3)16(11-15)21-22-18-23(17(24)13-25-18)12-14-7-5-4-6-8-14/h4-8,15H,9-13H2,1-3H3/b21-16+,22-18-/t15-,20+/m1/s1. The molecule has 2 atom stereocenters. The first kappa shape index (κ1) is 16.8. The second-order valence-corrected chi connectivity index (χ2v) is 9.12. The normalized spacial score (nSPS) is 33.8. The van der Waals surface area contributed by atoms with E-state index in [9.17, 15) is 4.79 Å². The van der Waals surface area contributed by atoms with Crippen molar-refractivity contribution in [3.05, 3.63) is 35.9 Å². The Morgan fingerprint density at radius 3 is 2.60 bits per heavy atom. The smallest absolute Gasteiger partial charge is 0.239 e. The zero-order valence-corrected chi connectivity index (χ0v) is 16.0. The molecule has 4 nitrogen and oxygen atoms in total. The van der Waals surface area contributed by atoms with E-state index in [0.717, 1.165) is 23.1 Å². The summed E-state index contributed by atoms with van der Waals surface area (Å²) in [5, 5.41) is 9.95. The Kier molecular flexibility index (Phi) is 4.02. The van der Waals surface area contributed by atoms with Gasteiger partial charge in [0.1, 0.15) is 0 Å². The molecule has 1 heterocycles. The summed E-state index contributed by atoms with van der Waals surface area (Å²) < 4.78 is 0. The molecule has 0 aromatic heterocycles. The van der Waals surface area contributed by atoms with E-state index in [1.54, 1.807) is 4.90 Å². The van der Waals surface area contributed by atoms with Crippen LogP contribution in [0.3, 0.4) is 0 Å². The Labute approximate surface area is 153 Å². The summed E-state index contributed by atoms with van der Waals surface area (Å²) >= 11 is 1.50. The van der Waals surface area contributed by atoms with Crippen LogP contribution in [-0.4, -0.2) is 27.4 Å². The van der Waals surface area contributed by atoms with Crippen molar-refractivity contribution in [2.24, 2.45) is 27.0 Å². The lowest BCUT2D eigenvalue weighted by Crippen LogP contribution is -2.32. The van der Waals surface area contributed by atoms with Crippen LogP contribution in [0.1, 0.15) is 45.6 Å². The Morgan fingerprint density at radius 1 is 1.20 bits per heavy atom. The van der Waals surface area contributed by atoms with Crippen LogP contribution in [0.25, 0.3) is 0 Å². The van der Waals surface area contributed by atoms with Crippen LogP contribution < -0.4 is 0 Å². The maximum absolute atomic E-state index is 12.3. The zero-order chi connectivity index (χ0) is 17.7. The lowest BCUT2D eigenvalue weighted by atomic mass is 9.70. The number of carbonyl (C=O) groups excluding carboxylic acids is 1. The number of thioether (sulfide) groups is 1. The summed E-state index contributed by atoms with van der Waals surface area (Å²) in [4.78, 5) is 14.0. The zero-order valence-electron chi connectivity index (χ0n) is 15.2. The Morgan fingerprint density at radius 2 is 1.96 bits per heavy atom. The lowest BCUT2D eigenvalue weighted by Gasteiger charge is -2.34. The molecular formula is C20H25N3OS. The van der Waals surface area contributed by atoms with Crippen molar-refractivity contribution in [2.75, 3.05) is 5.75 Å². The van der Waals surface area contributed by atoms with E-state index in [4.69, 9.17) is 0 Å². The molecule has 1 aromatic rings. The fraction of sp³-hybridized carbons (Fsp3) is 0.550. The minimum Gasteiger partial charge on any atom is -0.285 e. The summed E-state index contributed by atoms with van der Waals surface area (Å²) in [7, 11) is 0. The maximum Gasteiger partial charge on any atom is 0.239 e. The average Bonchev–Trinajstić information content (AvgIpc) is 3.12. The molecular weight excluding hydrogens is 330 g/mol. The van der Waals surface area contributed by atoms with Gasteiger partial charge < -0.3 is 0 Å². The first-order valence-corrected chi connectivity index (χ1v) is 10.0. The number of fused-ring (bicyclic) bond motifs is 2. The third-order valence-electron chi connectivity index (χ3n) is 6.81. The number of amides is 1. The molecule has 2 saturated carbocycles. The fourth-order valence-electron chi connectivity index (χ4n) is 4.58. The number of carbonyl (C=O) groups is 1. The van der Waals surface area contributed by atoms with Gasteiger partial charge in [-0.05, 0) is 36.2 Å². The van der Waals surface area contributed by atoms with Crippen molar-refractivity contribution < 1.29 is 4.79 Å². The number of nitrogens with zero attached hydrogens (tertiary/aromatic N) is 3. The summed E-state index contributed by atoms with van der Waals surface area (Å²) in [5.41, 5.74) is 2.79. The SMILES string of the molecule is CC1(C)[C@@H]2CC[C@@]1(C)/C(=N/N=C1\SCC(=O)N1Cc1ccccc1)C2. The van der Waals surface area contributed by atoms with Crippen LogP contribution in [0.4, 0.5) is 0 Å². The third kappa shape index (κ3) is 2.64. The highest BCUT2D eigenvalue weighted by Crippen LogP contribution is 2.64. The van der Waals surface area contributed by atoms with Gasteiger partial charge >= 0.3 is 0 Å². The van der Waals surface area contributed by atoms with Crippen molar-refractivity contribution in [1.82, 2.24) is 4.90 Å². The molecule has 3 fully saturated rings. The highest BCUT2D eigenvalue weighted by Gasteiger charge is 2.60. The van der Waals surface area contributed by atoms with Crippen molar-refractivity contribution in [3.63, 3.8) is 0 Å². The van der Waals surface area contributed by atoms with E-state index >= 15 is 0 Å². The molecule has 0 N–H and O–H groups in total. The molecule has 132 valence electrons. The molecule has 1 aromatic carbocycles. The minimum absolute atomic E-state index is 0.118. The van der Waals surface area contributed by atoms with Crippen LogP contribution in [0.2, 0.25) is 0 Å². The van der Waals surface area contributed by atoms with Crippen molar-refractivity contribution in [1.29, 1.82) is 0 Å². The predicted molar refractivity (Wildman–Crippen MR) is 104 cm³/mol. The first-order valence-electron chi connectivity index (χ1n) is 9.04. The first-order chi connectivity index (χ1) is 11.9. The molecule has 1 aliphatic heterocycles. The van der Waals surface area contributed by atoms with E-state index in [2.05, 4.69) is 31.0 Å².